The molecule has 1 aliphatic rings. The molecule has 0 radical (unpaired) electrons. The van der Waals surface area contributed by atoms with Crippen molar-refractivity contribution in [3.8, 4) is 0 Å². The highest BCUT2D eigenvalue weighted by molar-refractivity contribution is 7.47. The Morgan fingerprint density at radius 3 is 1.68 bits per heavy atom. The molecule has 0 aromatic heterocycles. The van der Waals surface area contributed by atoms with Crippen LogP contribution in [0.4, 0.5) is 0 Å². The zero-order valence-electron chi connectivity index (χ0n) is 10.2. The summed E-state index contributed by atoms with van der Waals surface area (Å²) in [7, 11) is -9.83. The molecular formula is C8H19NO8P2. The molecule has 11 heteroatoms. The van der Waals surface area contributed by atoms with E-state index in [0.29, 0.717) is 0 Å². The van der Waals surface area contributed by atoms with Crippen molar-refractivity contribution >= 4 is 15.6 Å². The van der Waals surface area contributed by atoms with E-state index in [1.54, 1.807) is 0 Å². The van der Waals surface area contributed by atoms with Gasteiger partial charge in [-0.05, 0) is 12.8 Å². The molecule has 114 valence electrons. The molecule has 19 heavy (non-hydrogen) atoms. The lowest BCUT2D eigenvalue weighted by Gasteiger charge is -2.24. The van der Waals surface area contributed by atoms with Crippen LogP contribution in [0.25, 0.3) is 0 Å². The van der Waals surface area contributed by atoms with Crippen LogP contribution in [-0.2, 0) is 18.2 Å². The Hall–Kier alpha value is 0.180. The van der Waals surface area contributed by atoms with Crippen molar-refractivity contribution in [2.75, 3.05) is 0 Å². The molecule has 1 fully saturated rings. The van der Waals surface area contributed by atoms with Gasteiger partial charge in [0.25, 0.3) is 0 Å². The lowest BCUT2D eigenvalue weighted by molar-refractivity contribution is -0.0633. The second-order valence-corrected chi connectivity index (χ2v) is 6.76. The van der Waals surface area contributed by atoms with Crippen molar-refractivity contribution in [1.29, 1.82) is 0 Å². The summed E-state index contributed by atoms with van der Waals surface area (Å²) in [6.07, 6.45) is 3.58. The zero-order chi connectivity index (χ0) is 14.5. The predicted octanol–water partition coefficient (Wildman–Crippen LogP) is 0.801. The third kappa shape index (κ3) is 8.86. The summed E-state index contributed by atoms with van der Waals surface area (Å²) < 4.78 is 29.9. The van der Waals surface area contributed by atoms with Gasteiger partial charge in [-0.15, -0.1) is 0 Å². The van der Waals surface area contributed by atoms with E-state index in [1.165, 1.54) is 0 Å². The van der Waals surface area contributed by atoms with Crippen molar-refractivity contribution in [2.24, 2.45) is 0 Å². The van der Waals surface area contributed by atoms with E-state index in [9.17, 15) is 9.13 Å². The molecule has 0 heterocycles. The lowest BCUT2D eigenvalue weighted by atomic mass is 10.1. The van der Waals surface area contributed by atoms with Crippen molar-refractivity contribution < 1.29 is 37.8 Å². The molecule has 1 saturated carbocycles. The van der Waals surface area contributed by atoms with E-state index in [1.807, 2.05) is 0 Å². The number of rotatable bonds is 6. The molecule has 0 aliphatic heterocycles. The molecule has 5 N–H and O–H groups in total. The normalized spacial score (nSPS) is 19.6. The summed E-state index contributed by atoms with van der Waals surface area (Å²) in [5.41, 5.74) is 0. The molecule has 0 unspecified atom stereocenters. The molecule has 0 atom stereocenters. The van der Waals surface area contributed by atoms with Gasteiger partial charge in [-0.25, -0.2) is 18.2 Å². The van der Waals surface area contributed by atoms with Gasteiger partial charge in [0.1, 0.15) is 0 Å². The van der Waals surface area contributed by atoms with E-state index in [4.69, 9.17) is 19.6 Å². The van der Waals surface area contributed by atoms with Gasteiger partial charge in [-0.3, -0.25) is 5.32 Å². The average molecular weight is 319 g/mol. The van der Waals surface area contributed by atoms with Gasteiger partial charge in [-0.1, -0.05) is 25.7 Å². The Balaban J connectivity index is 2.61. The minimum Gasteiger partial charge on any atom is -0.303 e. The fourth-order valence-corrected chi connectivity index (χ4v) is 2.74. The summed E-state index contributed by atoms with van der Waals surface area (Å²) in [6, 6.07) is -0.161. The maximum Gasteiger partial charge on any atom is 0.472 e. The monoisotopic (exact) mass is 319 g/mol. The summed E-state index contributed by atoms with van der Waals surface area (Å²) in [6.45, 7) is 0. The summed E-state index contributed by atoms with van der Waals surface area (Å²) in [5, 5.41) is 2.58. The Morgan fingerprint density at radius 2 is 1.32 bits per heavy atom. The van der Waals surface area contributed by atoms with E-state index in [2.05, 4.69) is 14.4 Å². The third-order valence-corrected chi connectivity index (χ3v) is 3.63. The topological polar surface area (TPSA) is 146 Å². The Kier molecular flexibility index (Phi) is 6.59. The highest BCUT2D eigenvalue weighted by Crippen LogP contribution is 2.43. The largest absolute Gasteiger partial charge is 0.472 e. The smallest absolute Gasteiger partial charge is 0.303 e. The van der Waals surface area contributed by atoms with Gasteiger partial charge in [0.2, 0.25) is 6.41 Å². The summed E-state index contributed by atoms with van der Waals surface area (Å²) in [5.74, 6) is 0. The van der Waals surface area contributed by atoms with Crippen molar-refractivity contribution in [3.63, 3.8) is 0 Å². The van der Waals surface area contributed by atoms with Gasteiger partial charge in [0, 0.05) is 6.04 Å². The molecule has 0 spiro atoms. The second kappa shape index (κ2) is 7.26. The lowest BCUT2D eigenvalue weighted by Crippen LogP contribution is -2.40. The molecule has 0 amide bonds. The van der Waals surface area contributed by atoms with Gasteiger partial charge >= 0.3 is 15.6 Å². The fourth-order valence-electron chi connectivity index (χ4n) is 1.97. The Morgan fingerprint density at radius 1 is 0.895 bits per heavy atom. The molecule has 0 aromatic carbocycles. The molecule has 0 saturated heterocycles. The minimum absolute atomic E-state index is 0.161. The number of hydrogen-bond donors (Lipinski definition) is 5. The highest BCUT2D eigenvalue weighted by atomic mass is 31.2. The molecule has 1 aliphatic carbocycles. The Labute approximate surface area is 110 Å². The average Bonchev–Trinajstić information content (AvgIpc) is 2.40. The van der Waals surface area contributed by atoms with E-state index >= 15 is 0 Å². The third-order valence-electron chi connectivity index (χ3n) is 2.69. The first-order valence-electron chi connectivity index (χ1n) is 5.90. The van der Waals surface area contributed by atoms with Gasteiger partial charge < -0.3 is 19.6 Å². The number of phosphoric acid groups is 2. The van der Waals surface area contributed by atoms with Crippen molar-refractivity contribution in [1.82, 2.24) is 5.32 Å². The first-order chi connectivity index (χ1) is 8.66. The van der Waals surface area contributed by atoms with Crippen molar-refractivity contribution in [2.45, 2.75) is 51.0 Å². The van der Waals surface area contributed by atoms with Crippen LogP contribution in [0.15, 0.2) is 0 Å². The van der Waals surface area contributed by atoms with Crippen LogP contribution in [-0.4, -0.2) is 32.0 Å². The Bertz CT molecular complexity index is 334. The van der Waals surface area contributed by atoms with Crippen LogP contribution in [0.3, 0.4) is 0 Å². The van der Waals surface area contributed by atoms with Crippen LogP contribution in [0, 0.1) is 0 Å². The first kappa shape index (κ1) is 17.2. The SMILES string of the molecule is O=P(O)(O)OC(NC1CCCCCC1)OP(=O)(O)O. The molecule has 1 rings (SSSR count). The van der Waals surface area contributed by atoms with Gasteiger partial charge in [0.15, 0.2) is 0 Å². The quantitative estimate of drug-likeness (QED) is 0.272. The minimum atomic E-state index is -4.92. The van der Waals surface area contributed by atoms with Crippen LogP contribution in [0.2, 0.25) is 0 Å². The van der Waals surface area contributed by atoms with Crippen LogP contribution in [0.5, 0.6) is 0 Å². The first-order valence-corrected chi connectivity index (χ1v) is 8.96. The molecule has 0 bridgehead atoms. The number of phosphoric ester groups is 2. The van der Waals surface area contributed by atoms with Crippen LogP contribution >= 0.6 is 15.6 Å². The summed E-state index contributed by atoms with van der Waals surface area (Å²) in [4.78, 5) is 34.7. The molecule has 0 aromatic rings. The second-order valence-electron chi connectivity index (χ2n) is 4.38. The molecule has 9 nitrogen and oxygen atoms in total. The predicted molar refractivity (Wildman–Crippen MR) is 64.7 cm³/mol. The van der Waals surface area contributed by atoms with Crippen molar-refractivity contribution in [3.05, 3.63) is 0 Å². The maximum absolute atomic E-state index is 10.7. The van der Waals surface area contributed by atoms with Crippen LogP contribution in [0.1, 0.15) is 38.5 Å². The number of nitrogens with one attached hydrogen (secondary N) is 1. The number of hydrogen-bond acceptors (Lipinski definition) is 5. The van der Waals surface area contributed by atoms with E-state index in [0.717, 1.165) is 38.5 Å². The van der Waals surface area contributed by atoms with E-state index < -0.39 is 22.1 Å². The van der Waals surface area contributed by atoms with Crippen LogP contribution < -0.4 is 5.32 Å². The fraction of sp³-hybridized carbons (Fsp3) is 1.00. The van der Waals surface area contributed by atoms with Gasteiger partial charge in [0.05, 0.1) is 0 Å². The summed E-state index contributed by atoms with van der Waals surface area (Å²) >= 11 is 0. The standard InChI is InChI=1S/C8H19NO8P2/c10-18(11,12)16-8(17-19(13,14)15)9-7-5-3-1-2-4-6-7/h7-9H,1-6H2,(H2,10,11,12)(H2,13,14,15). The molecular weight excluding hydrogens is 300 g/mol. The van der Waals surface area contributed by atoms with Gasteiger partial charge in [-0.2, -0.15) is 0 Å². The zero-order valence-corrected chi connectivity index (χ0v) is 12.0. The highest BCUT2D eigenvalue weighted by Gasteiger charge is 2.31. The maximum atomic E-state index is 10.7. The van der Waals surface area contributed by atoms with E-state index in [-0.39, 0.29) is 6.04 Å².